The fourth-order valence-corrected chi connectivity index (χ4v) is 17.8. The van der Waals surface area contributed by atoms with E-state index in [1.165, 1.54) is 75.0 Å². The summed E-state index contributed by atoms with van der Waals surface area (Å²) in [7, 11) is 1.25. The van der Waals surface area contributed by atoms with Gasteiger partial charge in [-0.05, 0) is 199 Å². The molecule has 5 atom stereocenters. The van der Waals surface area contributed by atoms with Crippen LogP contribution in [0.4, 0.5) is 0 Å². The van der Waals surface area contributed by atoms with Crippen LogP contribution in [0.5, 0.6) is 11.5 Å². The maximum absolute atomic E-state index is 14.4. The van der Waals surface area contributed by atoms with Gasteiger partial charge in [-0.3, -0.25) is 23.9 Å². The van der Waals surface area contributed by atoms with Gasteiger partial charge in [-0.1, -0.05) is 111 Å². The van der Waals surface area contributed by atoms with Gasteiger partial charge in [0.2, 0.25) is 10.0 Å². The third-order valence-electron chi connectivity index (χ3n) is 21.3. The third kappa shape index (κ3) is 14.5. The second kappa shape index (κ2) is 31.4. The van der Waals surface area contributed by atoms with Crippen molar-refractivity contribution in [2.75, 3.05) is 34.1 Å². The lowest BCUT2D eigenvalue weighted by atomic mass is 9.81. The first-order valence-electron chi connectivity index (χ1n) is 35.9. The Hall–Kier alpha value is -6.80. The quantitative estimate of drug-likeness (QED) is 0.0465. The predicted molar refractivity (Wildman–Crippen MR) is 389 cm³/mol. The van der Waals surface area contributed by atoms with Gasteiger partial charge in [0.15, 0.2) is 0 Å². The Balaban J connectivity index is 0.000000199. The molecule has 2 aromatic heterocycles. The number of aliphatic imine (C=N–C) groups is 2. The Morgan fingerprint density at radius 3 is 1.38 bits per heavy atom. The highest BCUT2D eigenvalue weighted by atomic mass is 32.2. The van der Waals surface area contributed by atoms with Crippen molar-refractivity contribution in [2.24, 2.45) is 32.3 Å². The fourth-order valence-electron chi connectivity index (χ4n) is 16.1. The van der Waals surface area contributed by atoms with Gasteiger partial charge in [-0.25, -0.2) is 27.3 Å². The minimum absolute atomic E-state index is 0.0121. The van der Waals surface area contributed by atoms with Gasteiger partial charge in [-0.2, -0.15) is 0 Å². The lowest BCUT2D eigenvalue weighted by Gasteiger charge is -2.24. The van der Waals surface area contributed by atoms with E-state index < -0.39 is 43.0 Å². The number of methoxy groups -OCH3 is 2. The van der Waals surface area contributed by atoms with Gasteiger partial charge in [-0.15, -0.1) is 0 Å². The van der Waals surface area contributed by atoms with Crippen LogP contribution in [0, 0.1) is 10.8 Å². The molecule has 17 nitrogen and oxygen atoms in total. The average Bonchev–Trinajstić information content (AvgIpc) is 1.53. The SMILES string of the molecule is CCCCC(CCC)=NC(=O)C12CC1c1cc(OC)ccc1-c1c(C3CCCCC3)c3ccc(C(=O)NS(=O)(=O)C4CC4)cc3n1C2.CCCCC(CCC)=NC(=O)C12CC1c1cc(OC)ccc1-c1c(C3CCCCC3)c3ccc(C(=O)NS(=O)CC)cc3n1C2.CN.CN. The number of hydrogen-bond acceptors (Lipinski definition) is 11. The largest absolute Gasteiger partial charge is 0.497 e. The summed E-state index contributed by atoms with van der Waals surface area (Å²) in [6, 6.07) is 24.1. The zero-order valence-corrected chi connectivity index (χ0v) is 60.0. The number of nitrogens with two attached hydrogens (primary N) is 2. The molecule has 6 N–H and O–H groups in total. The summed E-state index contributed by atoms with van der Waals surface area (Å²) in [6.45, 7) is 11.4. The first-order valence-corrected chi connectivity index (χ1v) is 38.7. The topological polar surface area (TPSA) is 249 Å². The predicted octanol–water partition coefficient (Wildman–Crippen LogP) is 15.4. The van der Waals surface area contributed by atoms with E-state index in [0.29, 0.717) is 61.1 Å². The molecule has 0 bridgehead atoms. The molecule has 5 saturated carbocycles. The number of hydrogen-bond donors (Lipinski definition) is 4. The fraction of sp³-hybridized carbons (Fsp3) is 0.558. The lowest BCUT2D eigenvalue weighted by molar-refractivity contribution is -0.124. The molecular formula is C77H104N8O9S2. The molecule has 6 aromatic rings. The average molecular weight is 1350 g/mol. The number of fused-ring (bicyclic) bond motifs is 14. The van der Waals surface area contributed by atoms with Gasteiger partial charge in [0.05, 0.1) is 41.7 Å². The molecule has 7 aliphatic rings. The van der Waals surface area contributed by atoms with Crippen LogP contribution >= 0.6 is 0 Å². The van der Waals surface area contributed by atoms with Crippen LogP contribution in [0.25, 0.3) is 44.3 Å². The van der Waals surface area contributed by atoms with E-state index in [4.69, 9.17) is 19.5 Å². The van der Waals surface area contributed by atoms with Crippen molar-refractivity contribution in [1.82, 2.24) is 18.6 Å². The molecule has 4 heterocycles. The van der Waals surface area contributed by atoms with Crippen molar-refractivity contribution in [3.8, 4) is 34.0 Å². The molecule has 5 fully saturated rings. The number of carbonyl (C=O) groups is 4. The van der Waals surface area contributed by atoms with Crippen LogP contribution in [0.15, 0.2) is 82.8 Å². The molecule has 0 radical (unpaired) electrons. The Morgan fingerprint density at radius 2 is 0.990 bits per heavy atom. The summed E-state index contributed by atoms with van der Waals surface area (Å²) < 4.78 is 58.6. The Kier molecular flexibility index (Phi) is 23.5. The van der Waals surface area contributed by atoms with E-state index in [2.05, 4.69) is 88.1 Å². The highest BCUT2D eigenvalue weighted by molar-refractivity contribution is 7.91. The molecule has 0 spiro atoms. The molecule has 0 saturated heterocycles. The first-order chi connectivity index (χ1) is 46.5. The summed E-state index contributed by atoms with van der Waals surface area (Å²) >= 11 is 0. The van der Waals surface area contributed by atoms with Crippen molar-refractivity contribution < 1.29 is 41.3 Å². The van der Waals surface area contributed by atoms with E-state index in [0.717, 1.165) is 163 Å². The number of ether oxygens (including phenoxy) is 2. The molecule has 4 amide bonds. The van der Waals surface area contributed by atoms with Gasteiger partial charge in [0, 0.05) is 86.2 Å². The van der Waals surface area contributed by atoms with Crippen LogP contribution in [-0.4, -0.2) is 96.1 Å². The zero-order chi connectivity index (χ0) is 68.6. The molecule has 19 heteroatoms. The van der Waals surface area contributed by atoms with Crippen molar-refractivity contribution in [3.05, 3.63) is 106 Å². The van der Waals surface area contributed by atoms with Crippen molar-refractivity contribution in [1.29, 1.82) is 0 Å². The maximum atomic E-state index is 14.4. The number of nitrogens with zero attached hydrogens (tertiary/aromatic N) is 4. The number of sulfonamides is 1. The number of nitrogens with one attached hydrogen (secondary N) is 2. The number of unbranched alkanes of at least 4 members (excludes halogenated alkanes) is 2. The molecule has 96 heavy (non-hydrogen) atoms. The summed E-state index contributed by atoms with van der Waals surface area (Å²) in [5.41, 5.74) is 21.8. The van der Waals surface area contributed by atoms with Crippen molar-refractivity contribution in [3.63, 3.8) is 0 Å². The number of carbonyl (C=O) groups excluding carboxylic acids is 4. The molecular weight excluding hydrogens is 1250 g/mol. The normalized spacial score (nSPS) is 21.4. The monoisotopic (exact) mass is 1350 g/mol. The minimum atomic E-state index is -3.69. The highest BCUT2D eigenvalue weighted by Crippen LogP contribution is 2.68. The van der Waals surface area contributed by atoms with E-state index in [9.17, 15) is 31.8 Å². The maximum Gasteiger partial charge on any atom is 0.264 e. The summed E-state index contributed by atoms with van der Waals surface area (Å²) in [4.78, 5) is 65.1. The Bertz CT molecular complexity index is 4060. The van der Waals surface area contributed by atoms with Crippen LogP contribution in [0.2, 0.25) is 0 Å². The zero-order valence-electron chi connectivity index (χ0n) is 58.3. The van der Waals surface area contributed by atoms with Crippen LogP contribution in [-0.2, 0) is 43.7 Å². The Morgan fingerprint density at radius 1 is 0.562 bits per heavy atom. The lowest BCUT2D eigenvalue weighted by Crippen LogP contribution is -2.33. The van der Waals surface area contributed by atoms with Crippen LogP contribution in [0.1, 0.15) is 255 Å². The third-order valence-corrected chi connectivity index (χ3v) is 24.1. The Labute approximate surface area is 571 Å². The summed E-state index contributed by atoms with van der Waals surface area (Å²) in [5, 5.41) is 1.74. The molecule has 2 aliphatic heterocycles. The standard InChI is InChI=1S/C38H47N3O5S.C37H47N3O4S.2CH5N/c1-4-6-13-26(10-5-2)39-37(43)38-22-32(38)31-21-27(46-3)15-19-29(31)35-34(24-11-8-7-9-12-24)30-18-14-25(20-33(30)41(35)23-38)36(42)40-47(44,45)28-16-17-28;1-5-8-15-26(12-6-2)38-36(42)37-22-31(37)30-21-27(44-4)17-19-28(30)34-33(24-13-10-9-11-14-24)29-18-16-25(20-32(29)40(34)23-37)35(41)39-45(43)7-3;2*1-2/h14-15,18-21,24,28,32H,4-13,16-17,22-23H2,1-3H3,(H,40,42);16-21,24,31H,5-15,22-23H2,1-4H3,(H,39,41);2*2H2,1H3. The molecule has 4 aromatic carbocycles. The second-order valence-electron chi connectivity index (χ2n) is 27.5. The molecule has 5 aliphatic carbocycles. The van der Waals surface area contributed by atoms with Crippen molar-refractivity contribution >= 4 is 77.9 Å². The van der Waals surface area contributed by atoms with Gasteiger partial charge in [0.1, 0.15) is 22.5 Å². The minimum Gasteiger partial charge on any atom is -0.497 e. The molecule has 518 valence electrons. The second-order valence-corrected chi connectivity index (χ2v) is 30.9. The van der Waals surface area contributed by atoms with Crippen molar-refractivity contribution in [2.45, 2.75) is 231 Å². The van der Waals surface area contributed by atoms with Gasteiger partial charge < -0.3 is 30.1 Å². The number of rotatable bonds is 22. The van der Waals surface area contributed by atoms with E-state index in [1.807, 2.05) is 36.4 Å². The summed E-state index contributed by atoms with van der Waals surface area (Å²) in [6.07, 6.45) is 23.8. The van der Waals surface area contributed by atoms with Crippen LogP contribution in [0.3, 0.4) is 0 Å². The first kappa shape index (κ1) is 72.0. The van der Waals surface area contributed by atoms with E-state index in [1.54, 1.807) is 27.2 Å². The highest BCUT2D eigenvalue weighted by Gasteiger charge is 2.64. The summed E-state index contributed by atoms with van der Waals surface area (Å²) in [5.74, 6) is 1.75. The van der Waals surface area contributed by atoms with E-state index >= 15 is 0 Å². The number of amides is 4. The molecule has 5 unspecified atom stereocenters. The number of aromatic nitrogens is 2. The smallest absolute Gasteiger partial charge is 0.264 e. The van der Waals surface area contributed by atoms with Gasteiger partial charge >= 0.3 is 0 Å². The number of benzene rings is 4. The van der Waals surface area contributed by atoms with E-state index in [-0.39, 0.29) is 29.6 Å². The van der Waals surface area contributed by atoms with Crippen LogP contribution < -0.4 is 30.4 Å². The molecule has 13 rings (SSSR count). The van der Waals surface area contributed by atoms with Gasteiger partial charge in [0.25, 0.3) is 23.6 Å².